The molecule has 4 heteroatoms. The van der Waals surface area contributed by atoms with Crippen LogP contribution in [0.5, 0.6) is 0 Å². The van der Waals surface area contributed by atoms with Gasteiger partial charge in [0, 0.05) is 43.5 Å². The SMILES string of the molecule is C=CCN1C=C(C#N)[C@@H]2C[C@H]1OC1=C2C(=O)CCC1. The molecule has 19 heavy (non-hydrogen) atoms. The zero-order valence-electron chi connectivity index (χ0n) is 10.8. The molecule has 98 valence electrons. The minimum absolute atomic E-state index is 0.0624. The van der Waals surface area contributed by atoms with E-state index in [9.17, 15) is 10.1 Å². The Morgan fingerprint density at radius 3 is 3.16 bits per heavy atom. The molecule has 2 aliphatic heterocycles. The highest BCUT2D eigenvalue weighted by Crippen LogP contribution is 2.43. The predicted octanol–water partition coefficient (Wildman–Crippen LogP) is 2.27. The van der Waals surface area contributed by atoms with Gasteiger partial charge in [-0.05, 0) is 6.42 Å². The number of ether oxygens (including phenoxy) is 1. The van der Waals surface area contributed by atoms with E-state index in [1.165, 1.54) is 0 Å². The zero-order chi connectivity index (χ0) is 13.4. The van der Waals surface area contributed by atoms with Gasteiger partial charge in [-0.15, -0.1) is 6.58 Å². The lowest BCUT2D eigenvalue weighted by Gasteiger charge is -2.43. The number of ketones is 1. The topological polar surface area (TPSA) is 53.3 Å². The van der Waals surface area contributed by atoms with Crippen molar-refractivity contribution in [1.82, 2.24) is 4.90 Å². The van der Waals surface area contributed by atoms with Crippen molar-refractivity contribution in [3.05, 3.63) is 35.8 Å². The van der Waals surface area contributed by atoms with Crippen LogP contribution in [0.15, 0.2) is 35.8 Å². The minimum Gasteiger partial charge on any atom is -0.474 e. The maximum absolute atomic E-state index is 12.1. The fraction of sp³-hybridized carbons (Fsp3) is 0.467. The minimum atomic E-state index is -0.0650. The fourth-order valence-corrected chi connectivity index (χ4v) is 3.14. The van der Waals surface area contributed by atoms with Crippen LogP contribution in [0.2, 0.25) is 0 Å². The summed E-state index contributed by atoms with van der Waals surface area (Å²) in [5.74, 6) is 0.906. The smallest absolute Gasteiger partial charge is 0.172 e. The van der Waals surface area contributed by atoms with Gasteiger partial charge in [0.2, 0.25) is 0 Å². The van der Waals surface area contributed by atoms with Crippen LogP contribution in [-0.2, 0) is 9.53 Å². The molecule has 0 spiro atoms. The van der Waals surface area contributed by atoms with Crippen LogP contribution >= 0.6 is 0 Å². The third-order valence-corrected chi connectivity index (χ3v) is 3.99. The van der Waals surface area contributed by atoms with E-state index < -0.39 is 0 Å². The number of Topliss-reactive ketones (excluding diaryl/α,β-unsaturated/α-hetero) is 1. The highest BCUT2D eigenvalue weighted by Gasteiger charge is 2.42. The number of fused-ring (bicyclic) bond motifs is 3. The maximum atomic E-state index is 12.1. The lowest BCUT2D eigenvalue weighted by atomic mass is 9.78. The van der Waals surface area contributed by atoms with E-state index in [-0.39, 0.29) is 17.9 Å². The van der Waals surface area contributed by atoms with Crippen LogP contribution in [0.1, 0.15) is 25.7 Å². The summed E-state index contributed by atoms with van der Waals surface area (Å²) in [5, 5.41) is 9.32. The fourth-order valence-electron chi connectivity index (χ4n) is 3.14. The van der Waals surface area contributed by atoms with Gasteiger partial charge >= 0.3 is 0 Å². The standard InChI is InChI=1S/C15H16N2O2/c1-2-6-17-9-10(8-16)11-7-14(17)19-13-5-3-4-12(18)15(11)13/h2,9,11,14H,1,3-7H2/t11-,14+/m0/s1. The van der Waals surface area contributed by atoms with Crippen molar-refractivity contribution in [2.75, 3.05) is 6.54 Å². The van der Waals surface area contributed by atoms with Crippen LogP contribution in [0, 0.1) is 17.2 Å². The first kappa shape index (κ1) is 12.0. The van der Waals surface area contributed by atoms with Gasteiger partial charge in [0.15, 0.2) is 12.0 Å². The first-order valence-corrected chi connectivity index (χ1v) is 6.66. The Bertz CT molecular complexity index is 539. The second-order valence-corrected chi connectivity index (χ2v) is 5.16. The summed E-state index contributed by atoms with van der Waals surface area (Å²) in [6.07, 6.45) is 6.50. The van der Waals surface area contributed by atoms with E-state index in [4.69, 9.17) is 4.74 Å². The Hall–Kier alpha value is -2.02. The number of carbonyl (C=O) groups excluding carboxylic acids is 1. The zero-order valence-corrected chi connectivity index (χ0v) is 10.8. The van der Waals surface area contributed by atoms with E-state index in [0.29, 0.717) is 25.0 Å². The van der Waals surface area contributed by atoms with E-state index in [1.807, 2.05) is 11.1 Å². The summed E-state index contributed by atoms with van der Waals surface area (Å²) in [4.78, 5) is 14.1. The highest BCUT2D eigenvalue weighted by molar-refractivity contribution is 5.98. The molecule has 0 aromatic heterocycles. The molecule has 4 nitrogen and oxygen atoms in total. The summed E-state index contributed by atoms with van der Waals surface area (Å²) >= 11 is 0. The Kier molecular flexibility index (Phi) is 2.90. The Morgan fingerprint density at radius 2 is 2.42 bits per heavy atom. The number of nitriles is 1. The van der Waals surface area contributed by atoms with Crippen molar-refractivity contribution >= 4 is 5.78 Å². The van der Waals surface area contributed by atoms with Crippen molar-refractivity contribution < 1.29 is 9.53 Å². The van der Waals surface area contributed by atoms with Gasteiger partial charge in [-0.25, -0.2) is 0 Å². The average Bonchev–Trinajstić information content (AvgIpc) is 2.42. The van der Waals surface area contributed by atoms with Gasteiger partial charge in [0.1, 0.15) is 5.76 Å². The predicted molar refractivity (Wildman–Crippen MR) is 69.5 cm³/mol. The molecular weight excluding hydrogens is 240 g/mol. The molecule has 0 N–H and O–H groups in total. The number of hydrogen-bond donors (Lipinski definition) is 0. The van der Waals surface area contributed by atoms with Crippen molar-refractivity contribution in [2.45, 2.75) is 31.9 Å². The van der Waals surface area contributed by atoms with Gasteiger partial charge in [-0.2, -0.15) is 5.26 Å². The highest BCUT2D eigenvalue weighted by atomic mass is 16.5. The molecule has 0 amide bonds. The molecule has 0 radical (unpaired) electrons. The Balaban J connectivity index is 2.02. The van der Waals surface area contributed by atoms with E-state index in [1.54, 1.807) is 6.08 Å². The third-order valence-electron chi connectivity index (χ3n) is 3.99. The van der Waals surface area contributed by atoms with Gasteiger partial charge in [0.25, 0.3) is 0 Å². The van der Waals surface area contributed by atoms with Gasteiger partial charge in [-0.1, -0.05) is 6.08 Å². The van der Waals surface area contributed by atoms with Gasteiger partial charge in [-0.3, -0.25) is 4.79 Å². The average molecular weight is 256 g/mol. The number of nitrogens with zero attached hydrogens (tertiary/aromatic N) is 2. The van der Waals surface area contributed by atoms with Crippen LogP contribution < -0.4 is 0 Å². The molecule has 2 bridgehead atoms. The normalized spacial score (nSPS) is 29.1. The van der Waals surface area contributed by atoms with Crippen LogP contribution in [0.4, 0.5) is 0 Å². The number of hydrogen-bond acceptors (Lipinski definition) is 4. The molecule has 3 aliphatic rings. The lowest BCUT2D eigenvalue weighted by molar-refractivity contribution is -0.119. The molecule has 2 heterocycles. The van der Waals surface area contributed by atoms with E-state index >= 15 is 0 Å². The number of allylic oxidation sites excluding steroid dienone is 3. The van der Waals surface area contributed by atoms with Crippen LogP contribution in [0.25, 0.3) is 0 Å². The molecule has 0 saturated heterocycles. The quantitative estimate of drug-likeness (QED) is 0.711. The first-order chi connectivity index (χ1) is 9.24. The second-order valence-electron chi connectivity index (χ2n) is 5.16. The van der Waals surface area contributed by atoms with Crippen LogP contribution in [-0.4, -0.2) is 23.5 Å². The van der Waals surface area contributed by atoms with Gasteiger partial charge < -0.3 is 9.64 Å². The molecule has 3 rings (SSSR count). The molecule has 0 aromatic rings. The summed E-state index contributed by atoms with van der Waals surface area (Å²) in [7, 11) is 0. The van der Waals surface area contributed by atoms with E-state index in [0.717, 1.165) is 24.2 Å². The Labute approximate surface area is 112 Å². The largest absolute Gasteiger partial charge is 0.474 e. The van der Waals surface area contributed by atoms with Gasteiger partial charge in [0.05, 0.1) is 11.6 Å². The molecule has 1 aliphatic carbocycles. The van der Waals surface area contributed by atoms with E-state index in [2.05, 4.69) is 12.6 Å². The summed E-state index contributed by atoms with van der Waals surface area (Å²) < 4.78 is 5.97. The molecule has 0 aromatic carbocycles. The molecule has 0 saturated carbocycles. The number of rotatable bonds is 2. The Morgan fingerprint density at radius 1 is 1.58 bits per heavy atom. The summed E-state index contributed by atoms with van der Waals surface area (Å²) in [6.45, 7) is 4.38. The molecule has 2 atom stereocenters. The van der Waals surface area contributed by atoms with Crippen molar-refractivity contribution in [1.29, 1.82) is 5.26 Å². The summed E-state index contributed by atoms with van der Waals surface area (Å²) in [5.41, 5.74) is 1.43. The monoisotopic (exact) mass is 256 g/mol. The molecule has 0 unspecified atom stereocenters. The van der Waals surface area contributed by atoms with Crippen molar-refractivity contribution in [3.8, 4) is 6.07 Å². The third kappa shape index (κ3) is 1.86. The second kappa shape index (κ2) is 4.58. The van der Waals surface area contributed by atoms with Crippen molar-refractivity contribution in [2.24, 2.45) is 5.92 Å². The first-order valence-electron chi connectivity index (χ1n) is 6.66. The maximum Gasteiger partial charge on any atom is 0.172 e. The summed E-state index contributed by atoms with van der Waals surface area (Å²) in [6, 6.07) is 2.24. The van der Waals surface area contributed by atoms with Crippen LogP contribution in [0.3, 0.4) is 0 Å². The molecule has 0 fully saturated rings. The molecular formula is C15H16N2O2. The lowest BCUT2D eigenvalue weighted by Crippen LogP contribution is -2.44. The number of carbonyl (C=O) groups is 1. The van der Waals surface area contributed by atoms with Crippen molar-refractivity contribution in [3.63, 3.8) is 0 Å².